The van der Waals surface area contributed by atoms with Crippen molar-refractivity contribution in [1.29, 1.82) is 0 Å². The van der Waals surface area contributed by atoms with Crippen molar-refractivity contribution in [2.75, 3.05) is 13.7 Å². The minimum absolute atomic E-state index is 0.103. The third-order valence-corrected chi connectivity index (χ3v) is 6.33. The van der Waals surface area contributed by atoms with Crippen molar-refractivity contribution in [1.82, 2.24) is 0 Å². The largest absolute Gasteiger partial charge is 0.496 e. The zero-order chi connectivity index (χ0) is 21.0. The summed E-state index contributed by atoms with van der Waals surface area (Å²) in [7, 11) is 1.70. The van der Waals surface area contributed by atoms with E-state index in [2.05, 4.69) is 61.5 Å². The maximum absolute atomic E-state index is 13.7. The molecule has 2 unspecified atom stereocenters. The summed E-state index contributed by atoms with van der Waals surface area (Å²) in [6.07, 6.45) is 0.752. The van der Waals surface area contributed by atoms with Crippen molar-refractivity contribution >= 4 is 5.97 Å². The molecule has 154 valence electrons. The monoisotopic (exact) mass is 376 g/mol. The molecule has 0 bridgehead atoms. The number of carbonyl (C=O) groups is 1. The molecular formula is C24H40O3. The van der Waals surface area contributed by atoms with Crippen molar-refractivity contribution in [3.05, 3.63) is 29.8 Å². The molecule has 1 aromatic rings. The molecule has 1 rings (SSSR count). The molecule has 0 N–H and O–H groups in total. The van der Waals surface area contributed by atoms with Gasteiger partial charge in [-0.3, -0.25) is 4.79 Å². The molecule has 3 heteroatoms. The van der Waals surface area contributed by atoms with E-state index in [1.54, 1.807) is 7.11 Å². The van der Waals surface area contributed by atoms with Gasteiger partial charge in [-0.2, -0.15) is 0 Å². The van der Waals surface area contributed by atoms with Gasteiger partial charge >= 0.3 is 5.97 Å². The third kappa shape index (κ3) is 4.02. The van der Waals surface area contributed by atoms with Crippen LogP contribution < -0.4 is 4.74 Å². The lowest BCUT2D eigenvalue weighted by Gasteiger charge is -2.57. The molecule has 0 heterocycles. The molecule has 0 aromatic heterocycles. The van der Waals surface area contributed by atoms with Gasteiger partial charge in [0.1, 0.15) is 5.75 Å². The lowest BCUT2D eigenvalue weighted by molar-refractivity contribution is -0.176. The zero-order valence-corrected chi connectivity index (χ0v) is 19.1. The third-order valence-electron chi connectivity index (χ3n) is 6.33. The van der Waals surface area contributed by atoms with Crippen LogP contribution in [-0.2, 0) is 14.9 Å². The lowest BCUT2D eigenvalue weighted by atomic mass is 9.45. The highest BCUT2D eigenvalue weighted by Gasteiger charge is 2.63. The number of hydrogen-bond acceptors (Lipinski definition) is 3. The first-order valence-electron chi connectivity index (χ1n) is 10.2. The highest BCUT2D eigenvalue weighted by molar-refractivity contribution is 5.81. The number of rotatable bonds is 8. The Morgan fingerprint density at radius 3 is 2.00 bits per heavy atom. The van der Waals surface area contributed by atoms with Crippen LogP contribution >= 0.6 is 0 Å². The average molecular weight is 377 g/mol. The topological polar surface area (TPSA) is 35.5 Å². The number of para-hydroxylation sites is 1. The van der Waals surface area contributed by atoms with Crippen LogP contribution in [0.5, 0.6) is 5.75 Å². The predicted molar refractivity (Wildman–Crippen MR) is 113 cm³/mol. The summed E-state index contributed by atoms with van der Waals surface area (Å²) in [4.78, 5) is 13.7. The number of hydrogen-bond donors (Lipinski definition) is 0. The van der Waals surface area contributed by atoms with Gasteiger partial charge in [0, 0.05) is 11.0 Å². The summed E-state index contributed by atoms with van der Waals surface area (Å²) in [5, 5.41) is 0. The minimum atomic E-state index is -0.701. The fourth-order valence-electron chi connectivity index (χ4n) is 4.87. The standard InChI is InChI=1S/C24H40O3/c1-11-27-21(25)24(16-17(2)3,22(6,7)8)23(9,18(4)5)19-14-12-13-15-20(19)26-10/h12-15,17-18H,11,16H2,1-10H3. The van der Waals surface area contributed by atoms with Gasteiger partial charge in [0.15, 0.2) is 0 Å². The minimum Gasteiger partial charge on any atom is -0.496 e. The maximum Gasteiger partial charge on any atom is 0.313 e. The number of esters is 1. The maximum atomic E-state index is 13.7. The van der Waals surface area contributed by atoms with E-state index in [1.165, 1.54) is 0 Å². The molecular weight excluding hydrogens is 336 g/mol. The number of methoxy groups -OCH3 is 1. The SMILES string of the molecule is CCOC(=O)C(CC(C)C)(C(C)(C)C)C(C)(c1ccccc1OC)C(C)C. The van der Waals surface area contributed by atoms with E-state index in [0.717, 1.165) is 17.7 Å². The molecule has 0 radical (unpaired) electrons. The van der Waals surface area contributed by atoms with Gasteiger partial charge in [0.25, 0.3) is 0 Å². The fourth-order valence-corrected chi connectivity index (χ4v) is 4.87. The smallest absolute Gasteiger partial charge is 0.313 e. The summed E-state index contributed by atoms with van der Waals surface area (Å²) >= 11 is 0. The van der Waals surface area contributed by atoms with Gasteiger partial charge in [-0.25, -0.2) is 0 Å². The molecule has 0 spiro atoms. The second kappa shape index (κ2) is 8.67. The van der Waals surface area contributed by atoms with Crippen LogP contribution in [0.25, 0.3) is 0 Å². The molecule has 0 fully saturated rings. The summed E-state index contributed by atoms with van der Waals surface area (Å²) < 4.78 is 11.5. The van der Waals surface area contributed by atoms with Crippen LogP contribution in [0.2, 0.25) is 0 Å². The Labute approximate surface area is 166 Å². The fraction of sp³-hybridized carbons (Fsp3) is 0.708. The normalized spacial score (nSPS) is 16.7. The molecule has 0 aliphatic carbocycles. The van der Waals surface area contributed by atoms with Crippen LogP contribution in [0.3, 0.4) is 0 Å². The van der Waals surface area contributed by atoms with E-state index in [4.69, 9.17) is 9.47 Å². The van der Waals surface area contributed by atoms with Crippen LogP contribution in [0.15, 0.2) is 24.3 Å². The van der Waals surface area contributed by atoms with E-state index in [0.29, 0.717) is 12.5 Å². The van der Waals surface area contributed by atoms with Crippen molar-refractivity contribution < 1.29 is 14.3 Å². The summed E-state index contributed by atoms with van der Waals surface area (Å²) in [5.74, 6) is 1.28. The summed E-state index contributed by atoms with van der Waals surface area (Å²) in [6, 6.07) is 8.11. The highest BCUT2D eigenvalue weighted by atomic mass is 16.5. The molecule has 3 nitrogen and oxygen atoms in total. The first-order chi connectivity index (χ1) is 12.4. The lowest BCUT2D eigenvalue weighted by Crippen LogP contribution is -2.60. The van der Waals surface area contributed by atoms with E-state index in [1.807, 2.05) is 25.1 Å². The van der Waals surface area contributed by atoms with Crippen molar-refractivity contribution in [2.24, 2.45) is 22.7 Å². The Morgan fingerprint density at radius 1 is 1.04 bits per heavy atom. The highest BCUT2D eigenvalue weighted by Crippen LogP contribution is 2.61. The number of ether oxygens (including phenoxy) is 2. The summed E-state index contributed by atoms with van der Waals surface area (Å²) in [6.45, 7) is 19.8. The van der Waals surface area contributed by atoms with Gasteiger partial charge in [-0.1, -0.05) is 73.6 Å². The van der Waals surface area contributed by atoms with E-state index in [9.17, 15) is 4.79 Å². The molecule has 0 saturated heterocycles. The molecule has 0 saturated carbocycles. The molecule has 0 aliphatic rings. The average Bonchev–Trinajstić information content (AvgIpc) is 2.57. The Bertz CT molecular complexity index is 627. The zero-order valence-electron chi connectivity index (χ0n) is 19.1. The molecule has 0 aliphatic heterocycles. The van der Waals surface area contributed by atoms with Gasteiger partial charge < -0.3 is 9.47 Å². The molecule has 1 aromatic carbocycles. The molecule has 27 heavy (non-hydrogen) atoms. The Hall–Kier alpha value is -1.51. The van der Waals surface area contributed by atoms with E-state index in [-0.39, 0.29) is 17.3 Å². The van der Waals surface area contributed by atoms with Gasteiger partial charge in [-0.15, -0.1) is 0 Å². The second-order valence-corrected chi connectivity index (χ2v) is 9.53. The quantitative estimate of drug-likeness (QED) is 0.503. The summed E-state index contributed by atoms with van der Waals surface area (Å²) in [5.41, 5.74) is -0.392. The Balaban J connectivity index is 3.99. The number of benzene rings is 1. The second-order valence-electron chi connectivity index (χ2n) is 9.53. The van der Waals surface area contributed by atoms with Gasteiger partial charge in [-0.05, 0) is 36.7 Å². The van der Waals surface area contributed by atoms with Gasteiger partial charge in [0.05, 0.1) is 19.1 Å². The van der Waals surface area contributed by atoms with E-state index >= 15 is 0 Å². The van der Waals surface area contributed by atoms with Crippen LogP contribution in [-0.4, -0.2) is 19.7 Å². The van der Waals surface area contributed by atoms with Crippen molar-refractivity contribution in [3.63, 3.8) is 0 Å². The molecule has 2 atom stereocenters. The predicted octanol–water partition coefficient (Wildman–Crippen LogP) is 6.25. The van der Waals surface area contributed by atoms with Crippen LogP contribution in [0, 0.1) is 22.7 Å². The number of carbonyl (C=O) groups excluding carboxylic acids is 1. The Morgan fingerprint density at radius 2 is 1.59 bits per heavy atom. The van der Waals surface area contributed by atoms with Gasteiger partial charge in [0.2, 0.25) is 0 Å². The van der Waals surface area contributed by atoms with Crippen LogP contribution in [0.1, 0.15) is 74.3 Å². The van der Waals surface area contributed by atoms with Crippen molar-refractivity contribution in [3.8, 4) is 5.75 Å². The first-order valence-corrected chi connectivity index (χ1v) is 10.2. The van der Waals surface area contributed by atoms with Crippen molar-refractivity contribution in [2.45, 2.75) is 74.1 Å². The Kier molecular flexibility index (Phi) is 7.55. The molecule has 0 amide bonds. The van der Waals surface area contributed by atoms with E-state index < -0.39 is 10.8 Å². The van der Waals surface area contributed by atoms with Crippen LogP contribution in [0.4, 0.5) is 0 Å². The first kappa shape index (κ1) is 23.5.